The van der Waals surface area contributed by atoms with E-state index in [1.807, 2.05) is 6.92 Å². The first-order chi connectivity index (χ1) is 9.10. The van der Waals surface area contributed by atoms with Crippen molar-refractivity contribution in [2.45, 2.75) is 23.3 Å². The van der Waals surface area contributed by atoms with Crippen molar-refractivity contribution >= 4 is 29.1 Å². The Labute approximate surface area is 119 Å². The molecule has 0 aliphatic rings. The van der Waals surface area contributed by atoms with Gasteiger partial charge in [-0.2, -0.15) is 0 Å². The lowest BCUT2D eigenvalue weighted by atomic mass is 10.3. The average molecular weight is 296 g/mol. The van der Waals surface area contributed by atoms with Crippen LogP contribution in [-0.2, 0) is 6.42 Å². The van der Waals surface area contributed by atoms with Crippen LogP contribution >= 0.6 is 23.4 Å². The molecule has 0 radical (unpaired) electrons. The second-order valence-corrected chi connectivity index (χ2v) is 5.08. The van der Waals surface area contributed by atoms with E-state index in [-0.39, 0.29) is 5.69 Å². The summed E-state index contributed by atoms with van der Waals surface area (Å²) in [5.41, 5.74) is 0.0558. The van der Waals surface area contributed by atoms with E-state index in [1.165, 1.54) is 17.8 Å². The average Bonchev–Trinajstić information content (AvgIpc) is 2.38. The van der Waals surface area contributed by atoms with Gasteiger partial charge in [0.05, 0.1) is 9.82 Å². The van der Waals surface area contributed by atoms with Gasteiger partial charge in [-0.25, -0.2) is 9.97 Å². The summed E-state index contributed by atoms with van der Waals surface area (Å²) in [6.07, 6.45) is 0.658. The molecule has 0 amide bonds. The molecule has 19 heavy (non-hydrogen) atoms. The molecule has 98 valence electrons. The minimum atomic E-state index is -0.411. The molecule has 1 aromatic carbocycles. The third-order valence-corrected chi connectivity index (χ3v) is 3.49. The number of hydrogen-bond donors (Lipinski definition) is 0. The predicted octanol–water partition coefficient (Wildman–Crippen LogP) is 3.75. The predicted molar refractivity (Wildman–Crippen MR) is 73.6 cm³/mol. The lowest BCUT2D eigenvalue weighted by Gasteiger charge is -2.04. The molecule has 0 atom stereocenters. The van der Waals surface area contributed by atoms with Crippen molar-refractivity contribution in [1.82, 2.24) is 9.97 Å². The van der Waals surface area contributed by atoms with Crippen molar-refractivity contribution in [1.29, 1.82) is 0 Å². The summed E-state index contributed by atoms with van der Waals surface area (Å²) in [5, 5.41) is 11.9. The number of aryl methyl sites for hydroxylation is 1. The maximum Gasteiger partial charge on any atom is 0.283 e. The molecule has 7 heteroatoms. The number of halogens is 1. The van der Waals surface area contributed by atoms with Gasteiger partial charge in [-0.3, -0.25) is 10.1 Å². The van der Waals surface area contributed by atoms with Crippen molar-refractivity contribution in [2.24, 2.45) is 0 Å². The van der Waals surface area contributed by atoms with Crippen molar-refractivity contribution in [3.05, 3.63) is 51.4 Å². The van der Waals surface area contributed by atoms with Gasteiger partial charge >= 0.3 is 0 Å². The summed E-state index contributed by atoms with van der Waals surface area (Å²) in [6.45, 7) is 1.92. The quantitative estimate of drug-likeness (QED) is 0.488. The van der Waals surface area contributed by atoms with E-state index >= 15 is 0 Å². The lowest BCUT2D eigenvalue weighted by Crippen LogP contribution is -1.95. The number of aromatic nitrogens is 2. The van der Waals surface area contributed by atoms with Gasteiger partial charge < -0.3 is 0 Å². The maximum atomic E-state index is 10.9. The molecule has 0 saturated heterocycles. The number of rotatable bonds is 4. The SMILES string of the molecule is CCc1nc(Cl)cc(Sc2ccccc2[N+](=O)[O-])n1. The molecule has 1 heterocycles. The largest absolute Gasteiger partial charge is 0.283 e. The monoisotopic (exact) mass is 295 g/mol. The molecular weight excluding hydrogens is 286 g/mol. The molecule has 0 aliphatic carbocycles. The molecule has 5 nitrogen and oxygen atoms in total. The Hall–Kier alpha value is -1.66. The number of para-hydroxylation sites is 1. The molecule has 1 aromatic heterocycles. The van der Waals surface area contributed by atoms with E-state index in [4.69, 9.17) is 11.6 Å². The zero-order valence-electron chi connectivity index (χ0n) is 10.0. The molecule has 0 fully saturated rings. The summed E-state index contributed by atoms with van der Waals surface area (Å²) < 4.78 is 0. The summed E-state index contributed by atoms with van der Waals surface area (Å²) in [6, 6.07) is 8.13. The fourth-order valence-electron chi connectivity index (χ4n) is 1.46. The Morgan fingerprint density at radius 1 is 1.37 bits per heavy atom. The maximum absolute atomic E-state index is 10.9. The number of nitro benzene ring substituents is 1. The van der Waals surface area contributed by atoms with E-state index in [2.05, 4.69) is 9.97 Å². The molecule has 0 unspecified atom stereocenters. The standard InChI is InChI=1S/C12H10ClN3O2S/c1-2-11-14-10(13)7-12(15-11)19-9-6-4-3-5-8(9)16(17)18/h3-7H,2H2,1H3. The van der Waals surface area contributed by atoms with Crippen molar-refractivity contribution in [3.8, 4) is 0 Å². The second-order valence-electron chi connectivity index (χ2n) is 3.63. The van der Waals surface area contributed by atoms with Crippen molar-refractivity contribution < 1.29 is 4.92 Å². The summed E-state index contributed by atoms with van der Waals surface area (Å²) in [5.74, 6) is 0.619. The van der Waals surface area contributed by atoms with Gasteiger partial charge in [0, 0.05) is 18.6 Å². The smallest absolute Gasteiger partial charge is 0.258 e. The van der Waals surface area contributed by atoms with E-state index in [9.17, 15) is 10.1 Å². The Bertz CT molecular complexity index is 622. The summed E-state index contributed by atoms with van der Waals surface area (Å²) in [4.78, 5) is 19.4. The van der Waals surface area contributed by atoms with Gasteiger partial charge in [-0.1, -0.05) is 42.4 Å². The molecular formula is C12H10ClN3O2S. The highest BCUT2D eigenvalue weighted by atomic mass is 35.5. The fraction of sp³-hybridized carbons (Fsp3) is 0.167. The van der Waals surface area contributed by atoms with Crippen LogP contribution in [0.3, 0.4) is 0 Å². The summed E-state index contributed by atoms with van der Waals surface area (Å²) in [7, 11) is 0. The minimum Gasteiger partial charge on any atom is -0.258 e. The molecule has 0 spiro atoms. The topological polar surface area (TPSA) is 68.9 Å². The molecule has 0 saturated carbocycles. The van der Waals surface area contributed by atoms with Crippen LogP contribution in [0.15, 0.2) is 40.3 Å². The number of nitro groups is 1. The first-order valence-electron chi connectivity index (χ1n) is 5.55. The Morgan fingerprint density at radius 2 is 2.11 bits per heavy atom. The first kappa shape index (κ1) is 13.8. The number of benzene rings is 1. The van der Waals surface area contributed by atoms with Crippen LogP contribution in [0.4, 0.5) is 5.69 Å². The van der Waals surface area contributed by atoms with Gasteiger partial charge in [-0.15, -0.1) is 0 Å². The van der Waals surface area contributed by atoms with Crippen molar-refractivity contribution in [3.63, 3.8) is 0 Å². The Morgan fingerprint density at radius 3 is 2.79 bits per heavy atom. The third-order valence-electron chi connectivity index (χ3n) is 2.31. The van der Waals surface area contributed by atoms with Gasteiger partial charge in [0.25, 0.3) is 5.69 Å². The van der Waals surface area contributed by atoms with E-state index in [0.717, 1.165) is 0 Å². The molecule has 2 rings (SSSR count). The van der Waals surface area contributed by atoms with E-state index in [1.54, 1.807) is 24.3 Å². The molecule has 0 bridgehead atoms. The Balaban J connectivity index is 2.36. The van der Waals surface area contributed by atoms with Crippen LogP contribution in [0, 0.1) is 10.1 Å². The molecule has 2 aromatic rings. The van der Waals surface area contributed by atoms with Crippen LogP contribution in [-0.4, -0.2) is 14.9 Å². The van der Waals surface area contributed by atoms with Crippen molar-refractivity contribution in [2.75, 3.05) is 0 Å². The fourth-order valence-corrected chi connectivity index (χ4v) is 2.67. The van der Waals surface area contributed by atoms with Gasteiger partial charge in [0.2, 0.25) is 0 Å². The number of nitrogens with zero attached hydrogens (tertiary/aromatic N) is 3. The second kappa shape index (κ2) is 5.99. The Kier molecular flexibility index (Phi) is 4.34. The summed E-state index contributed by atoms with van der Waals surface area (Å²) >= 11 is 7.11. The van der Waals surface area contributed by atoms with E-state index < -0.39 is 4.92 Å². The minimum absolute atomic E-state index is 0.0558. The van der Waals surface area contributed by atoms with Crippen LogP contribution in [0.1, 0.15) is 12.7 Å². The lowest BCUT2D eigenvalue weighted by molar-refractivity contribution is -0.387. The van der Waals surface area contributed by atoms with Crippen LogP contribution in [0.2, 0.25) is 5.15 Å². The highest BCUT2D eigenvalue weighted by molar-refractivity contribution is 7.99. The highest BCUT2D eigenvalue weighted by Gasteiger charge is 2.14. The van der Waals surface area contributed by atoms with Gasteiger partial charge in [0.1, 0.15) is 16.0 Å². The van der Waals surface area contributed by atoms with Crippen LogP contribution in [0.5, 0.6) is 0 Å². The first-order valence-corrected chi connectivity index (χ1v) is 6.74. The molecule has 0 N–H and O–H groups in total. The van der Waals surface area contributed by atoms with Gasteiger partial charge in [0.15, 0.2) is 0 Å². The molecule has 0 aliphatic heterocycles. The third kappa shape index (κ3) is 3.42. The highest BCUT2D eigenvalue weighted by Crippen LogP contribution is 2.34. The van der Waals surface area contributed by atoms with Gasteiger partial charge in [-0.05, 0) is 6.07 Å². The van der Waals surface area contributed by atoms with Crippen LogP contribution in [0.25, 0.3) is 0 Å². The van der Waals surface area contributed by atoms with Crippen LogP contribution < -0.4 is 0 Å². The van der Waals surface area contributed by atoms with E-state index in [0.29, 0.717) is 27.3 Å². The zero-order chi connectivity index (χ0) is 13.8. The zero-order valence-corrected chi connectivity index (χ0v) is 11.6. The normalized spacial score (nSPS) is 10.4. The number of hydrogen-bond acceptors (Lipinski definition) is 5.